The number of anilines is 1. The summed E-state index contributed by atoms with van der Waals surface area (Å²) in [6.45, 7) is 1.90. The van der Waals surface area contributed by atoms with Crippen molar-refractivity contribution in [3.63, 3.8) is 0 Å². The van der Waals surface area contributed by atoms with Gasteiger partial charge in [0, 0.05) is 29.1 Å². The number of ether oxygens (including phenoxy) is 1. The van der Waals surface area contributed by atoms with E-state index >= 15 is 0 Å². The Morgan fingerprint density at radius 2 is 2.00 bits per heavy atom. The predicted molar refractivity (Wildman–Crippen MR) is 104 cm³/mol. The largest absolute Gasteiger partial charge is 0.497 e. The number of nitrogens with zero attached hydrogens (tertiary/aromatic N) is 2. The van der Waals surface area contributed by atoms with Gasteiger partial charge in [-0.1, -0.05) is 16.8 Å². The van der Waals surface area contributed by atoms with Crippen LogP contribution >= 0.6 is 11.6 Å². The van der Waals surface area contributed by atoms with Gasteiger partial charge in [0.2, 0.25) is 17.6 Å². The van der Waals surface area contributed by atoms with Crippen LogP contribution in [0, 0.1) is 6.92 Å². The van der Waals surface area contributed by atoms with Gasteiger partial charge in [-0.2, -0.15) is 4.98 Å². The van der Waals surface area contributed by atoms with E-state index in [0.29, 0.717) is 36.0 Å². The van der Waals surface area contributed by atoms with Crippen molar-refractivity contribution in [3.05, 3.63) is 58.9 Å². The smallest absolute Gasteiger partial charge is 0.226 e. The van der Waals surface area contributed by atoms with Crippen LogP contribution in [0.25, 0.3) is 11.4 Å². The highest BCUT2D eigenvalue weighted by Crippen LogP contribution is 2.21. The number of amides is 1. The molecule has 3 rings (SSSR count). The minimum absolute atomic E-state index is 0.0599. The van der Waals surface area contributed by atoms with Crippen LogP contribution in [-0.2, 0) is 11.2 Å². The molecular formula is C20H20ClN3O3. The fraction of sp³-hybridized carbons (Fsp3) is 0.250. The average molecular weight is 386 g/mol. The Kier molecular flexibility index (Phi) is 6.08. The van der Waals surface area contributed by atoms with E-state index in [1.807, 2.05) is 37.3 Å². The molecule has 6 nitrogen and oxygen atoms in total. The molecule has 0 aliphatic carbocycles. The average Bonchev–Trinajstić information content (AvgIpc) is 3.13. The van der Waals surface area contributed by atoms with Crippen molar-refractivity contribution in [1.82, 2.24) is 10.1 Å². The van der Waals surface area contributed by atoms with Crippen LogP contribution in [0.3, 0.4) is 0 Å². The lowest BCUT2D eigenvalue weighted by Gasteiger charge is -2.08. The zero-order valence-corrected chi connectivity index (χ0v) is 15.9. The first-order chi connectivity index (χ1) is 13.0. The van der Waals surface area contributed by atoms with Crippen molar-refractivity contribution in [1.29, 1.82) is 0 Å². The lowest BCUT2D eigenvalue weighted by molar-refractivity contribution is -0.116. The fourth-order valence-corrected chi connectivity index (χ4v) is 2.82. The monoisotopic (exact) mass is 385 g/mol. The summed E-state index contributed by atoms with van der Waals surface area (Å²) in [5.74, 6) is 1.74. The standard InChI is InChI=1S/C20H20ClN3O3/c1-13-12-15(21)8-11-17(13)22-18(25)4-3-5-19-23-20(24-27-19)14-6-9-16(26-2)10-7-14/h6-12H,3-5H2,1-2H3,(H,22,25). The molecule has 0 atom stereocenters. The second kappa shape index (κ2) is 8.68. The topological polar surface area (TPSA) is 77.2 Å². The molecule has 0 aliphatic heterocycles. The molecular weight excluding hydrogens is 366 g/mol. The van der Waals surface area contributed by atoms with E-state index in [1.165, 1.54) is 0 Å². The molecule has 3 aromatic rings. The first-order valence-electron chi connectivity index (χ1n) is 8.58. The molecule has 1 heterocycles. The van der Waals surface area contributed by atoms with Gasteiger partial charge in [-0.15, -0.1) is 0 Å². The number of aryl methyl sites for hydroxylation is 2. The highest BCUT2D eigenvalue weighted by molar-refractivity contribution is 6.30. The maximum absolute atomic E-state index is 12.1. The van der Waals surface area contributed by atoms with Gasteiger partial charge in [-0.05, 0) is 61.4 Å². The van der Waals surface area contributed by atoms with Gasteiger partial charge < -0.3 is 14.6 Å². The van der Waals surface area contributed by atoms with E-state index in [1.54, 1.807) is 19.2 Å². The van der Waals surface area contributed by atoms with E-state index < -0.39 is 0 Å². The summed E-state index contributed by atoms with van der Waals surface area (Å²) in [6, 6.07) is 12.8. The van der Waals surface area contributed by atoms with Crippen LogP contribution in [0.5, 0.6) is 5.75 Å². The number of carbonyl (C=O) groups is 1. The van der Waals surface area contributed by atoms with Gasteiger partial charge in [0.25, 0.3) is 0 Å². The Balaban J connectivity index is 1.50. The third-order valence-electron chi connectivity index (χ3n) is 4.07. The van der Waals surface area contributed by atoms with Gasteiger partial charge in [0.15, 0.2) is 0 Å². The van der Waals surface area contributed by atoms with Crippen LogP contribution in [0.1, 0.15) is 24.3 Å². The molecule has 0 aliphatic rings. The van der Waals surface area contributed by atoms with Crippen molar-refractivity contribution in [2.45, 2.75) is 26.2 Å². The number of hydrogen-bond acceptors (Lipinski definition) is 5. The van der Waals surface area contributed by atoms with Crippen molar-refractivity contribution in [2.75, 3.05) is 12.4 Å². The summed E-state index contributed by atoms with van der Waals surface area (Å²) in [6.07, 6.45) is 1.52. The normalized spacial score (nSPS) is 10.6. The molecule has 1 aromatic heterocycles. The van der Waals surface area contributed by atoms with Crippen molar-refractivity contribution < 1.29 is 14.1 Å². The summed E-state index contributed by atoms with van der Waals surface area (Å²) in [5, 5.41) is 7.52. The van der Waals surface area contributed by atoms with E-state index in [9.17, 15) is 4.79 Å². The third kappa shape index (κ3) is 5.08. The van der Waals surface area contributed by atoms with Gasteiger partial charge in [0.1, 0.15) is 5.75 Å². The van der Waals surface area contributed by atoms with Crippen LogP contribution in [0.15, 0.2) is 47.0 Å². The minimum atomic E-state index is -0.0599. The third-order valence-corrected chi connectivity index (χ3v) is 4.31. The van der Waals surface area contributed by atoms with Gasteiger partial charge in [-0.25, -0.2) is 0 Å². The van der Waals surface area contributed by atoms with E-state index in [0.717, 1.165) is 22.6 Å². The number of nitrogens with one attached hydrogen (secondary N) is 1. The van der Waals surface area contributed by atoms with Crippen molar-refractivity contribution in [3.8, 4) is 17.1 Å². The number of hydrogen-bond donors (Lipinski definition) is 1. The van der Waals surface area contributed by atoms with Crippen LogP contribution in [0.4, 0.5) is 5.69 Å². The number of halogens is 1. The molecule has 1 N–H and O–H groups in total. The maximum Gasteiger partial charge on any atom is 0.226 e. The van der Waals surface area contributed by atoms with E-state index in [-0.39, 0.29) is 5.91 Å². The highest BCUT2D eigenvalue weighted by atomic mass is 35.5. The Bertz CT molecular complexity index is 922. The summed E-state index contributed by atoms with van der Waals surface area (Å²) in [7, 11) is 1.62. The Morgan fingerprint density at radius 3 is 2.70 bits per heavy atom. The van der Waals surface area contributed by atoms with Gasteiger partial charge in [0.05, 0.1) is 7.11 Å². The molecule has 0 saturated carbocycles. The lowest BCUT2D eigenvalue weighted by atomic mass is 10.2. The molecule has 27 heavy (non-hydrogen) atoms. The minimum Gasteiger partial charge on any atom is -0.497 e. The first kappa shape index (κ1) is 18.9. The second-order valence-electron chi connectivity index (χ2n) is 6.10. The lowest BCUT2D eigenvalue weighted by Crippen LogP contribution is -2.12. The number of benzene rings is 2. The summed E-state index contributed by atoms with van der Waals surface area (Å²) < 4.78 is 10.4. The van der Waals surface area contributed by atoms with E-state index in [4.69, 9.17) is 20.9 Å². The molecule has 0 fully saturated rings. The number of rotatable bonds is 7. The molecule has 0 radical (unpaired) electrons. The zero-order chi connectivity index (χ0) is 19.2. The van der Waals surface area contributed by atoms with Crippen molar-refractivity contribution in [2.24, 2.45) is 0 Å². The molecule has 0 saturated heterocycles. The van der Waals surface area contributed by atoms with E-state index in [2.05, 4.69) is 15.5 Å². The van der Waals surface area contributed by atoms with Crippen LogP contribution in [-0.4, -0.2) is 23.2 Å². The SMILES string of the molecule is COc1ccc(-c2noc(CCCC(=O)Nc3ccc(Cl)cc3C)n2)cc1. The predicted octanol–water partition coefficient (Wildman–Crippen LogP) is 4.67. The molecule has 7 heteroatoms. The number of carbonyl (C=O) groups excluding carboxylic acids is 1. The Morgan fingerprint density at radius 1 is 1.22 bits per heavy atom. The second-order valence-corrected chi connectivity index (χ2v) is 6.54. The highest BCUT2D eigenvalue weighted by Gasteiger charge is 2.10. The van der Waals surface area contributed by atoms with Crippen LogP contribution in [0.2, 0.25) is 5.02 Å². The number of aromatic nitrogens is 2. The fourth-order valence-electron chi connectivity index (χ4n) is 2.59. The molecule has 140 valence electrons. The molecule has 2 aromatic carbocycles. The zero-order valence-electron chi connectivity index (χ0n) is 15.2. The molecule has 1 amide bonds. The maximum atomic E-state index is 12.1. The summed E-state index contributed by atoms with van der Waals surface area (Å²) in [4.78, 5) is 16.5. The van der Waals surface area contributed by atoms with Gasteiger partial charge >= 0.3 is 0 Å². The summed E-state index contributed by atoms with van der Waals surface area (Å²) >= 11 is 5.92. The molecule has 0 unspecified atom stereocenters. The van der Waals surface area contributed by atoms with Crippen LogP contribution < -0.4 is 10.1 Å². The quantitative estimate of drug-likeness (QED) is 0.639. The van der Waals surface area contributed by atoms with Crippen molar-refractivity contribution >= 4 is 23.2 Å². The summed E-state index contributed by atoms with van der Waals surface area (Å²) in [5.41, 5.74) is 2.54. The Labute approximate surface area is 162 Å². The Hall–Kier alpha value is -2.86. The first-order valence-corrected chi connectivity index (χ1v) is 8.96. The molecule has 0 bridgehead atoms. The number of methoxy groups -OCH3 is 1. The molecule has 0 spiro atoms. The van der Waals surface area contributed by atoms with Gasteiger partial charge in [-0.3, -0.25) is 4.79 Å².